The van der Waals surface area contributed by atoms with Gasteiger partial charge in [0.1, 0.15) is 10.7 Å². The molecule has 1 N–H and O–H groups in total. The summed E-state index contributed by atoms with van der Waals surface area (Å²) in [5.74, 6) is -0.909. The lowest BCUT2D eigenvalue weighted by Crippen LogP contribution is -2.41. The number of anilines is 2. The van der Waals surface area contributed by atoms with Crippen LogP contribution in [-0.4, -0.2) is 49.8 Å². The number of pyridine rings is 1. The predicted octanol–water partition coefficient (Wildman–Crippen LogP) is 3.25. The molecule has 2 aromatic rings. The van der Waals surface area contributed by atoms with Gasteiger partial charge in [0.2, 0.25) is 15.9 Å². The first-order valence-electron chi connectivity index (χ1n) is 10.7. The van der Waals surface area contributed by atoms with Gasteiger partial charge in [0.05, 0.1) is 11.4 Å². The Bertz CT molecular complexity index is 1020. The Kier molecular flexibility index (Phi) is 6.52. The van der Waals surface area contributed by atoms with Gasteiger partial charge >= 0.3 is 0 Å². The molecular weight excluding hydrogens is 419 g/mol. The molecular formula is C22H27FN4O3S. The molecule has 31 heavy (non-hydrogen) atoms. The average molecular weight is 447 g/mol. The Hall–Kier alpha value is -2.52. The number of hydrogen-bond acceptors (Lipinski definition) is 5. The van der Waals surface area contributed by atoms with E-state index in [4.69, 9.17) is 0 Å². The van der Waals surface area contributed by atoms with Crippen LogP contribution < -0.4 is 10.2 Å². The summed E-state index contributed by atoms with van der Waals surface area (Å²) in [5, 5.41) is 2.91. The van der Waals surface area contributed by atoms with Gasteiger partial charge in [-0.05, 0) is 62.4 Å². The fourth-order valence-electron chi connectivity index (χ4n) is 4.26. The summed E-state index contributed by atoms with van der Waals surface area (Å²) in [6.07, 6.45) is 7.03. The van der Waals surface area contributed by atoms with E-state index in [1.54, 1.807) is 12.1 Å². The van der Waals surface area contributed by atoms with E-state index in [1.807, 2.05) is 0 Å². The number of carbonyl (C=O) groups excluding carboxylic acids is 1. The molecule has 0 saturated carbocycles. The molecule has 2 aliphatic rings. The van der Waals surface area contributed by atoms with Crippen LogP contribution in [0.15, 0.2) is 47.6 Å². The molecule has 2 aliphatic heterocycles. The van der Waals surface area contributed by atoms with E-state index in [-0.39, 0.29) is 29.8 Å². The van der Waals surface area contributed by atoms with E-state index >= 15 is 0 Å². The van der Waals surface area contributed by atoms with Gasteiger partial charge in [-0.15, -0.1) is 0 Å². The van der Waals surface area contributed by atoms with Crippen molar-refractivity contribution in [3.63, 3.8) is 0 Å². The molecule has 7 nitrogen and oxygen atoms in total. The maximum Gasteiger partial charge on any atom is 0.244 e. The van der Waals surface area contributed by atoms with Crippen LogP contribution >= 0.6 is 0 Å². The number of aromatic nitrogens is 1. The Labute approximate surface area is 182 Å². The fourth-order valence-corrected chi connectivity index (χ4v) is 5.70. The van der Waals surface area contributed by atoms with E-state index in [1.165, 1.54) is 41.3 Å². The van der Waals surface area contributed by atoms with Crippen molar-refractivity contribution in [2.75, 3.05) is 36.4 Å². The molecule has 0 unspecified atom stereocenters. The number of halogens is 1. The van der Waals surface area contributed by atoms with Gasteiger partial charge in [0.25, 0.3) is 0 Å². The van der Waals surface area contributed by atoms with Crippen LogP contribution in [0.3, 0.4) is 0 Å². The van der Waals surface area contributed by atoms with Crippen LogP contribution in [0, 0.1) is 11.7 Å². The molecule has 4 rings (SSSR count). The van der Waals surface area contributed by atoms with Crippen molar-refractivity contribution in [3.05, 3.63) is 48.5 Å². The Morgan fingerprint density at radius 2 is 1.81 bits per heavy atom. The smallest absolute Gasteiger partial charge is 0.244 e. The number of benzene rings is 1. The lowest BCUT2D eigenvalue weighted by Gasteiger charge is -2.32. The summed E-state index contributed by atoms with van der Waals surface area (Å²) < 4.78 is 40.8. The minimum absolute atomic E-state index is 0.156. The molecule has 9 heteroatoms. The number of sulfonamides is 1. The minimum atomic E-state index is -3.61. The summed E-state index contributed by atoms with van der Waals surface area (Å²) in [7, 11) is -3.61. The number of nitrogens with one attached hydrogen (secondary N) is 1. The lowest BCUT2D eigenvalue weighted by molar-refractivity contribution is -0.120. The molecule has 1 aromatic heterocycles. The van der Waals surface area contributed by atoms with E-state index in [0.717, 1.165) is 31.6 Å². The Balaban J connectivity index is 1.41. The van der Waals surface area contributed by atoms with Gasteiger partial charge in [-0.3, -0.25) is 9.78 Å². The second-order valence-electron chi connectivity index (χ2n) is 8.07. The summed E-state index contributed by atoms with van der Waals surface area (Å²) in [6, 6.07) is 7.61. The third-order valence-electron chi connectivity index (χ3n) is 6.01. The van der Waals surface area contributed by atoms with E-state index in [2.05, 4.69) is 15.2 Å². The number of carbonyl (C=O) groups is 1. The van der Waals surface area contributed by atoms with Crippen molar-refractivity contribution in [1.29, 1.82) is 0 Å². The molecule has 3 heterocycles. The number of rotatable bonds is 5. The normalized spacial score (nSPS) is 18.7. The fraction of sp³-hybridized carbons (Fsp3) is 0.455. The monoisotopic (exact) mass is 446 g/mol. The second-order valence-corrected chi connectivity index (χ2v) is 10.0. The van der Waals surface area contributed by atoms with Crippen LogP contribution in [0.2, 0.25) is 0 Å². The zero-order valence-electron chi connectivity index (χ0n) is 17.3. The lowest BCUT2D eigenvalue weighted by atomic mass is 9.97. The SMILES string of the molecule is O=C(Nc1cc(F)ccc1N1CCCCC1)C1CCN(S(=O)(=O)c2cccnc2)CC1. The van der Waals surface area contributed by atoms with Gasteiger partial charge in [0, 0.05) is 44.5 Å². The zero-order chi connectivity index (χ0) is 21.8. The largest absolute Gasteiger partial charge is 0.370 e. The van der Waals surface area contributed by atoms with E-state index in [0.29, 0.717) is 18.5 Å². The maximum absolute atomic E-state index is 13.9. The molecule has 1 aromatic carbocycles. The van der Waals surface area contributed by atoms with Gasteiger partial charge in [-0.1, -0.05) is 0 Å². The predicted molar refractivity (Wildman–Crippen MR) is 117 cm³/mol. The third kappa shape index (κ3) is 4.88. The summed E-state index contributed by atoms with van der Waals surface area (Å²) in [6.45, 7) is 2.30. The van der Waals surface area contributed by atoms with Gasteiger partial charge in [-0.25, -0.2) is 12.8 Å². The van der Waals surface area contributed by atoms with E-state index in [9.17, 15) is 17.6 Å². The first-order valence-corrected chi connectivity index (χ1v) is 12.1. The van der Waals surface area contributed by atoms with Crippen molar-refractivity contribution in [2.24, 2.45) is 5.92 Å². The van der Waals surface area contributed by atoms with Crippen LogP contribution in [0.1, 0.15) is 32.1 Å². The molecule has 2 fully saturated rings. The first-order chi connectivity index (χ1) is 14.9. The van der Waals surface area contributed by atoms with Gasteiger partial charge < -0.3 is 10.2 Å². The maximum atomic E-state index is 13.9. The molecule has 0 aliphatic carbocycles. The Morgan fingerprint density at radius 3 is 2.48 bits per heavy atom. The quantitative estimate of drug-likeness (QED) is 0.762. The molecule has 0 atom stereocenters. The van der Waals surface area contributed by atoms with Crippen molar-refractivity contribution in [1.82, 2.24) is 9.29 Å². The van der Waals surface area contributed by atoms with Crippen molar-refractivity contribution in [3.8, 4) is 0 Å². The van der Waals surface area contributed by atoms with Gasteiger partial charge in [-0.2, -0.15) is 4.31 Å². The number of amides is 1. The average Bonchev–Trinajstić information content (AvgIpc) is 2.80. The molecule has 0 radical (unpaired) electrons. The number of nitrogens with zero attached hydrogens (tertiary/aromatic N) is 3. The van der Waals surface area contributed by atoms with Gasteiger partial charge in [0.15, 0.2) is 0 Å². The summed E-state index contributed by atoms with van der Waals surface area (Å²) in [5.41, 5.74) is 1.32. The first kappa shape index (κ1) is 21.7. The molecule has 166 valence electrons. The second kappa shape index (κ2) is 9.32. The zero-order valence-corrected chi connectivity index (χ0v) is 18.2. The molecule has 1 amide bonds. The van der Waals surface area contributed by atoms with Crippen molar-refractivity contribution < 1.29 is 17.6 Å². The number of hydrogen-bond donors (Lipinski definition) is 1. The van der Waals surface area contributed by atoms with Crippen LogP contribution in [-0.2, 0) is 14.8 Å². The molecule has 2 saturated heterocycles. The summed E-state index contributed by atoms with van der Waals surface area (Å²) in [4.78, 5) is 19.1. The molecule has 0 spiro atoms. The van der Waals surface area contributed by atoms with Crippen molar-refractivity contribution in [2.45, 2.75) is 37.0 Å². The van der Waals surface area contributed by atoms with Crippen LogP contribution in [0.5, 0.6) is 0 Å². The van der Waals surface area contributed by atoms with Crippen LogP contribution in [0.25, 0.3) is 0 Å². The standard InChI is InChI=1S/C22H27FN4O3S/c23-18-6-7-21(26-11-2-1-3-12-26)20(15-18)25-22(28)17-8-13-27(14-9-17)31(29,30)19-5-4-10-24-16-19/h4-7,10,15-17H,1-3,8-9,11-14H2,(H,25,28). The topological polar surface area (TPSA) is 82.6 Å². The van der Waals surface area contributed by atoms with Crippen LogP contribution in [0.4, 0.5) is 15.8 Å². The Morgan fingerprint density at radius 1 is 1.06 bits per heavy atom. The highest BCUT2D eigenvalue weighted by atomic mass is 32.2. The summed E-state index contributed by atoms with van der Waals surface area (Å²) >= 11 is 0. The highest BCUT2D eigenvalue weighted by molar-refractivity contribution is 7.89. The van der Waals surface area contributed by atoms with Crippen molar-refractivity contribution >= 4 is 27.3 Å². The third-order valence-corrected chi connectivity index (χ3v) is 7.89. The highest BCUT2D eigenvalue weighted by Crippen LogP contribution is 2.31. The van der Waals surface area contributed by atoms with E-state index < -0.39 is 15.8 Å². The number of piperidine rings is 2. The highest BCUT2D eigenvalue weighted by Gasteiger charge is 2.32. The minimum Gasteiger partial charge on any atom is -0.370 e. The molecule has 0 bridgehead atoms.